The maximum atomic E-state index is 10.1. The maximum absolute atomic E-state index is 10.1. The molecule has 118 valence electrons. The van der Waals surface area contributed by atoms with E-state index in [0.717, 1.165) is 36.7 Å². The van der Waals surface area contributed by atoms with Crippen LogP contribution in [0.5, 0.6) is 5.75 Å². The van der Waals surface area contributed by atoms with E-state index in [1.54, 1.807) is 0 Å². The lowest BCUT2D eigenvalue weighted by Crippen LogP contribution is -2.41. The van der Waals surface area contributed by atoms with Crippen molar-refractivity contribution in [1.82, 2.24) is 10.2 Å². The molecule has 1 aromatic carbocycles. The van der Waals surface area contributed by atoms with E-state index in [1.165, 1.54) is 12.8 Å². The Morgan fingerprint density at radius 1 is 1.33 bits per heavy atom. The number of para-hydroxylation sites is 1. The van der Waals surface area contributed by atoms with Crippen LogP contribution in [0.3, 0.4) is 0 Å². The van der Waals surface area contributed by atoms with Crippen molar-refractivity contribution in [3.8, 4) is 5.75 Å². The van der Waals surface area contributed by atoms with Crippen molar-refractivity contribution in [3.63, 3.8) is 0 Å². The zero-order valence-electron chi connectivity index (χ0n) is 13.2. The normalized spacial score (nSPS) is 18.8. The number of β-amino-alcohol motifs (C(OH)–C–C–N with tert-alkyl or cyclic N) is 1. The first-order valence-corrected chi connectivity index (χ1v) is 7.95. The van der Waals surface area contributed by atoms with Gasteiger partial charge in [0.2, 0.25) is 0 Å². The standard InChI is InChI=1S/C17H28N2O2/c1-13-6-8-19(9-7-13)12-16(20)11-18-10-15-5-3-4-14(2)17(15)21/h3-5,13,16,18,20-21H,6-12H2,1-2H3. The van der Waals surface area contributed by atoms with E-state index in [9.17, 15) is 10.2 Å². The Balaban J connectivity index is 1.69. The van der Waals surface area contributed by atoms with Gasteiger partial charge < -0.3 is 20.4 Å². The number of rotatable bonds is 6. The Morgan fingerprint density at radius 2 is 2.05 bits per heavy atom. The highest BCUT2D eigenvalue weighted by atomic mass is 16.3. The van der Waals surface area contributed by atoms with Crippen LogP contribution in [0.4, 0.5) is 0 Å². The van der Waals surface area contributed by atoms with Crippen LogP contribution < -0.4 is 5.32 Å². The van der Waals surface area contributed by atoms with Crippen molar-refractivity contribution in [2.45, 2.75) is 39.3 Å². The minimum Gasteiger partial charge on any atom is -0.507 e. The van der Waals surface area contributed by atoms with E-state index < -0.39 is 0 Å². The first kappa shape index (κ1) is 16.3. The lowest BCUT2D eigenvalue weighted by Gasteiger charge is -2.31. The highest BCUT2D eigenvalue weighted by molar-refractivity contribution is 5.39. The SMILES string of the molecule is Cc1cccc(CNCC(O)CN2CCC(C)CC2)c1O. The number of nitrogens with one attached hydrogen (secondary N) is 1. The number of aliphatic hydroxyl groups is 1. The molecule has 1 aliphatic rings. The minimum absolute atomic E-state index is 0.351. The highest BCUT2D eigenvalue weighted by Gasteiger charge is 2.18. The number of phenols is 1. The molecule has 1 unspecified atom stereocenters. The Bertz CT molecular complexity index is 442. The maximum Gasteiger partial charge on any atom is 0.122 e. The van der Waals surface area contributed by atoms with Gasteiger partial charge in [-0.2, -0.15) is 0 Å². The number of aliphatic hydroxyl groups excluding tert-OH is 1. The average Bonchev–Trinajstić information content (AvgIpc) is 2.46. The van der Waals surface area contributed by atoms with Gasteiger partial charge in [-0.25, -0.2) is 0 Å². The first-order chi connectivity index (χ1) is 10.1. The number of likely N-dealkylation sites (tertiary alicyclic amines) is 1. The van der Waals surface area contributed by atoms with Crippen LogP contribution in [0.1, 0.15) is 30.9 Å². The van der Waals surface area contributed by atoms with Crippen LogP contribution in [-0.4, -0.2) is 47.4 Å². The average molecular weight is 292 g/mol. The molecule has 0 saturated carbocycles. The molecule has 21 heavy (non-hydrogen) atoms. The number of hydrogen-bond acceptors (Lipinski definition) is 4. The predicted octanol–water partition coefficient (Wildman–Crippen LogP) is 1.88. The van der Waals surface area contributed by atoms with Crippen LogP contribution >= 0.6 is 0 Å². The summed E-state index contributed by atoms with van der Waals surface area (Å²) in [6, 6.07) is 5.75. The second-order valence-electron chi connectivity index (χ2n) is 6.35. The molecule has 1 atom stereocenters. The molecule has 0 aromatic heterocycles. The van der Waals surface area contributed by atoms with Crippen LogP contribution in [-0.2, 0) is 6.54 Å². The van der Waals surface area contributed by atoms with Gasteiger partial charge in [0.1, 0.15) is 5.75 Å². The minimum atomic E-state index is -0.356. The molecule has 3 N–H and O–H groups in total. The summed E-state index contributed by atoms with van der Waals surface area (Å²) in [5, 5.41) is 23.3. The van der Waals surface area contributed by atoms with Gasteiger partial charge >= 0.3 is 0 Å². The second kappa shape index (κ2) is 7.78. The summed E-state index contributed by atoms with van der Waals surface area (Å²) < 4.78 is 0. The molecular formula is C17H28N2O2. The van der Waals surface area contributed by atoms with Crippen LogP contribution in [0.25, 0.3) is 0 Å². The quantitative estimate of drug-likeness (QED) is 0.749. The third-order valence-electron chi connectivity index (χ3n) is 4.36. The van der Waals surface area contributed by atoms with E-state index in [4.69, 9.17) is 0 Å². The number of phenolic OH excluding ortho intramolecular Hbond substituents is 1. The number of piperidine rings is 1. The summed E-state index contributed by atoms with van der Waals surface area (Å²) >= 11 is 0. The Hall–Kier alpha value is -1.10. The van der Waals surface area contributed by atoms with Crippen LogP contribution in [0, 0.1) is 12.8 Å². The van der Waals surface area contributed by atoms with Crippen LogP contribution in [0.2, 0.25) is 0 Å². The number of hydrogen-bond donors (Lipinski definition) is 3. The lowest BCUT2D eigenvalue weighted by molar-refractivity contribution is 0.0906. The fourth-order valence-corrected chi connectivity index (χ4v) is 2.84. The summed E-state index contributed by atoms with van der Waals surface area (Å²) in [5.41, 5.74) is 1.77. The number of aromatic hydroxyl groups is 1. The molecule has 1 aromatic rings. The molecule has 0 radical (unpaired) electrons. The van der Waals surface area contributed by atoms with Gasteiger partial charge in [0, 0.05) is 25.2 Å². The van der Waals surface area contributed by atoms with Gasteiger partial charge in [-0.15, -0.1) is 0 Å². The molecule has 0 bridgehead atoms. The van der Waals surface area contributed by atoms with Gasteiger partial charge in [-0.3, -0.25) is 0 Å². The third kappa shape index (κ3) is 4.99. The van der Waals surface area contributed by atoms with Gasteiger partial charge in [0.05, 0.1) is 6.10 Å². The lowest BCUT2D eigenvalue weighted by atomic mass is 9.99. The number of aryl methyl sites for hydroxylation is 1. The monoisotopic (exact) mass is 292 g/mol. The molecule has 2 rings (SSSR count). The van der Waals surface area contributed by atoms with Crippen molar-refractivity contribution in [2.75, 3.05) is 26.2 Å². The molecular weight excluding hydrogens is 264 g/mol. The van der Waals surface area contributed by atoms with Crippen molar-refractivity contribution in [1.29, 1.82) is 0 Å². The van der Waals surface area contributed by atoms with Gasteiger partial charge in [0.25, 0.3) is 0 Å². The molecule has 1 saturated heterocycles. The Labute approximate surface area is 127 Å². The third-order valence-corrected chi connectivity index (χ3v) is 4.36. The smallest absolute Gasteiger partial charge is 0.122 e. The summed E-state index contributed by atoms with van der Waals surface area (Å²) in [4.78, 5) is 2.34. The molecule has 1 aliphatic heterocycles. The molecule has 4 nitrogen and oxygen atoms in total. The number of benzene rings is 1. The van der Waals surface area contributed by atoms with Gasteiger partial charge in [-0.05, 0) is 44.3 Å². The zero-order chi connectivity index (χ0) is 15.2. The van der Waals surface area contributed by atoms with E-state index in [1.807, 2.05) is 25.1 Å². The number of nitrogens with zero attached hydrogens (tertiary/aromatic N) is 1. The van der Waals surface area contributed by atoms with E-state index in [-0.39, 0.29) is 6.10 Å². The Morgan fingerprint density at radius 3 is 2.76 bits per heavy atom. The van der Waals surface area contributed by atoms with E-state index >= 15 is 0 Å². The Kier molecular flexibility index (Phi) is 6.03. The zero-order valence-corrected chi connectivity index (χ0v) is 13.2. The van der Waals surface area contributed by atoms with Gasteiger partial charge in [-0.1, -0.05) is 25.1 Å². The summed E-state index contributed by atoms with van der Waals surface area (Å²) in [7, 11) is 0. The van der Waals surface area contributed by atoms with Crippen LogP contribution in [0.15, 0.2) is 18.2 Å². The summed E-state index contributed by atoms with van der Waals surface area (Å²) in [6.45, 7) is 8.25. The summed E-state index contributed by atoms with van der Waals surface area (Å²) in [6.07, 6.45) is 2.11. The van der Waals surface area contributed by atoms with Crippen molar-refractivity contribution >= 4 is 0 Å². The van der Waals surface area contributed by atoms with E-state index in [0.29, 0.717) is 18.8 Å². The highest BCUT2D eigenvalue weighted by Crippen LogP contribution is 2.21. The summed E-state index contributed by atoms with van der Waals surface area (Å²) in [5.74, 6) is 1.17. The molecule has 0 spiro atoms. The second-order valence-corrected chi connectivity index (χ2v) is 6.35. The van der Waals surface area contributed by atoms with Crippen molar-refractivity contribution in [3.05, 3.63) is 29.3 Å². The molecule has 1 fully saturated rings. The van der Waals surface area contributed by atoms with Crippen molar-refractivity contribution < 1.29 is 10.2 Å². The van der Waals surface area contributed by atoms with E-state index in [2.05, 4.69) is 17.1 Å². The molecule has 1 heterocycles. The molecule has 4 heteroatoms. The van der Waals surface area contributed by atoms with Gasteiger partial charge in [0.15, 0.2) is 0 Å². The largest absolute Gasteiger partial charge is 0.507 e. The fraction of sp³-hybridized carbons (Fsp3) is 0.647. The molecule has 0 amide bonds. The van der Waals surface area contributed by atoms with Crippen molar-refractivity contribution in [2.24, 2.45) is 5.92 Å². The topological polar surface area (TPSA) is 55.7 Å². The predicted molar refractivity (Wildman–Crippen MR) is 85.4 cm³/mol. The fourth-order valence-electron chi connectivity index (χ4n) is 2.84. The molecule has 0 aliphatic carbocycles. The first-order valence-electron chi connectivity index (χ1n) is 7.95.